The molecule has 0 aliphatic carbocycles. The zero-order chi connectivity index (χ0) is 18.8. The summed E-state index contributed by atoms with van der Waals surface area (Å²) < 4.78 is 16.8. The molecule has 1 heterocycles. The number of aliphatic imine (C=N–C) groups is 1. The lowest BCUT2D eigenvalue weighted by molar-refractivity contribution is 0.0347. The van der Waals surface area contributed by atoms with E-state index in [0.29, 0.717) is 24.8 Å². The van der Waals surface area contributed by atoms with Crippen molar-refractivity contribution in [1.29, 1.82) is 0 Å². The van der Waals surface area contributed by atoms with Crippen LogP contribution in [0.5, 0.6) is 0 Å². The van der Waals surface area contributed by atoms with E-state index in [1.807, 2.05) is 31.2 Å². The number of hydrogen-bond acceptors (Lipinski definition) is 4. The highest BCUT2D eigenvalue weighted by atomic mass is 35.5. The molecule has 0 saturated carbocycles. The minimum Gasteiger partial charge on any atom is -0.379 e. The van der Waals surface area contributed by atoms with Gasteiger partial charge in [-0.2, -0.15) is 0 Å². The van der Waals surface area contributed by atoms with Crippen molar-refractivity contribution in [3.63, 3.8) is 0 Å². The molecule has 0 amide bonds. The summed E-state index contributed by atoms with van der Waals surface area (Å²) in [6.45, 7) is 7.49. The Morgan fingerprint density at radius 1 is 1.46 bits per heavy atom. The molecule has 7 heteroatoms. The van der Waals surface area contributed by atoms with Crippen LogP contribution in [0.1, 0.15) is 31.9 Å². The van der Waals surface area contributed by atoms with Crippen molar-refractivity contribution in [2.24, 2.45) is 4.99 Å². The molecule has 6 nitrogen and oxygen atoms in total. The van der Waals surface area contributed by atoms with Crippen LogP contribution < -0.4 is 10.6 Å². The fourth-order valence-electron chi connectivity index (χ4n) is 2.72. The third kappa shape index (κ3) is 7.11. The fraction of sp³-hybridized carbons (Fsp3) is 0.632. The van der Waals surface area contributed by atoms with Crippen molar-refractivity contribution in [1.82, 2.24) is 10.6 Å². The summed E-state index contributed by atoms with van der Waals surface area (Å²) in [5, 5.41) is 7.33. The Hall–Kier alpha value is -1.34. The Morgan fingerprint density at radius 3 is 2.96 bits per heavy atom. The average molecular weight is 384 g/mol. The first kappa shape index (κ1) is 21.0. The Kier molecular flexibility index (Phi) is 9.18. The summed E-state index contributed by atoms with van der Waals surface area (Å²) in [6, 6.07) is 7.81. The number of nitrogens with one attached hydrogen (secondary N) is 2. The van der Waals surface area contributed by atoms with Crippen LogP contribution in [0.3, 0.4) is 0 Å². The van der Waals surface area contributed by atoms with E-state index >= 15 is 0 Å². The van der Waals surface area contributed by atoms with E-state index in [0.717, 1.165) is 31.1 Å². The normalized spacial score (nSPS) is 20.0. The van der Waals surface area contributed by atoms with E-state index < -0.39 is 0 Å². The molecule has 1 aromatic rings. The molecular formula is C19H30ClN3O3. The molecule has 2 rings (SSSR count). The molecule has 0 spiro atoms. The van der Waals surface area contributed by atoms with Crippen LogP contribution in [0.15, 0.2) is 29.3 Å². The zero-order valence-electron chi connectivity index (χ0n) is 15.8. The maximum absolute atomic E-state index is 6.08. The topological polar surface area (TPSA) is 64.1 Å². The summed E-state index contributed by atoms with van der Waals surface area (Å²) in [5.74, 6) is 0.746. The third-order valence-corrected chi connectivity index (χ3v) is 4.35. The van der Waals surface area contributed by atoms with Crippen molar-refractivity contribution in [2.45, 2.75) is 38.5 Å². The van der Waals surface area contributed by atoms with Crippen LogP contribution in [-0.4, -0.2) is 58.1 Å². The second-order valence-corrected chi connectivity index (χ2v) is 6.80. The molecule has 1 fully saturated rings. The largest absolute Gasteiger partial charge is 0.379 e. The molecule has 0 aromatic heterocycles. The molecule has 1 aromatic carbocycles. The minimum atomic E-state index is -0.147. The molecule has 26 heavy (non-hydrogen) atoms. The number of ether oxygens (including phenoxy) is 3. The van der Waals surface area contributed by atoms with Crippen molar-refractivity contribution in [3.8, 4) is 0 Å². The SMILES string of the molecule is CCNC(=NCC(OC)c1cccc(Cl)c1)NC(C)COC1CCOC1. The predicted octanol–water partition coefficient (Wildman–Crippen LogP) is 2.78. The van der Waals surface area contributed by atoms with Gasteiger partial charge in [0.1, 0.15) is 6.10 Å². The quantitative estimate of drug-likeness (QED) is 0.507. The van der Waals surface area contributed by atoms with Gasteiger partial charge in [-0.05, 0) is 38.0 Å². The Bertz CT molecular complexity index is 565. The molecular weight excluding hydrogens is 354 g/mol. The third-order valence-electron chi connectivity index (χ3n) is 4.12. The maximum Gasteiger partial charge on any atom is 0.191 e. The number of hydrogen-bond donors (Lipinski definition) is 2. The van der Waals surface area contributed by atoms with Crippen LogP contribution in [-0.2, 0) is 14.2 Å². The number of nitrogens with zero attached hydrogens (tertiary/aromatic N) is 1. The van der Waals surface area contributed by atoms with Crippen molar-refractivity contribution in [3.05, 3.63) is 34.9 Å². The van der Waals surface area contributed by atoms with E-state index in [-0.39, 0.29) is 18.2 Å². The Balaban J connectivity index is 1.89. The van der Waals surface area contributed by atoms with Crippen molar-refractivity contribution < 1.29 is 14.2 Å². The monoisotopic (exact) mass is 383 g/mol. The highest BCUT2D eigenvalue weighted by Gasteiger charge is 2.17. The lowest BCUT2D eigenvalue weighted by Crippen LogP contribution is -2.44. The van der Waals surface area contributed by atoms with Gasteiger partial charge >= 0.3 is 0 Å². The van der Waals surface area contributed by atoms with Crippen LogP contribution >= 0.6 is 11.6 Å². The van der Waals surface area contributed by atoms with Crippen molar-refractivity contribution >= 4 is 17.6 Å². The van der Waals surface area contributed by atoms with Crippen LogP contribution in [0.25, 0.3) is 0 Å². The summed E-state index contributed by atoms with van der Waals surface area (Å²) in [5.41, 5.74) is 1.01. The van der Waals surface area contributed by atoms with Gasteiger partial charge in [0.2, 0.25) is 0 Å². The molecule has 146 valence electrons. The number of benzene rings is 1. The highest BCUT2D eigenvalue weighted by Crippen LogP contribution is 2.20. The average Bonchev–Trinajstić information content (AvgIpc) is 3.14. The second kappa shape index (κ2) is 11.4. The maximum atomic E-state index is 6.08. The van der Waals surface area contributed by atoms with Gasteiger partial charge < -0.3 is 24.8 Å². The molecule has 1 aliphatic rings. The highest BCUT2D eigenvalue weighted by molar-refractivity contribution is 6.30. The zero-order valence-corrected chi connectivity index (χ0v) is 16.6. The van der Waals surface area contributed by atoms with Gasteiger partial charge in [-0.15, -0.1) is 0 Å². The van der Waals surface area contributed by atoms with Crippen LogP contribution in [0.2, 0.25) is 5.02 Å². The van der Waals surface area contributed by atoms with E-state index in [1.165, 1.54) is 0 Å². The van der Waals surface area contributed by atoms with Gasteiger partial charge in [0.25, 0.3) is 0 Å². The van der Waals surface area contributed by atoms with Gasteiger partial charge in [0, 0.05) is 31.3 Å². The van der Waals surface area contributed by atoms with Crippen molar-refractivity contribution in [2.75, 3.05) is 40.0 Å². The van der Waals surface area contributed by atoms with Crippen LogP contribution in [0.4, 0.5) is 0 Å². The summed E-state index contributed by atoms with van der Waals surface area (Å²) in [4.78, 5) is 4.66. The van der Waals surface area contributed by atoms with E-state index in [4.69, 9.17) is 25.8 Å². The standard InChI is InChI=1S/C19H30ClN3O3/c1-4-21-19(23-14(2)12-26-17-8-9-25-13-17)22-11-18(24-3)15-6-5-7-16(20)10-15/h5-7,10,14,17-18H,4,8-9,11-13H2,1-3H3,(H2,21,22,23). The molecule has 1 aliphatic heterocycles. The van der Waals surface area contributed by atoms with Gasteiger partial charge in [-0.3, -0.25) is 4.99 Å². The van der Waals surface area contributed by atoms with Gasteiger partial charge in [0.15, 0.2) is 5.96 Å². The number of halogens is 1. The van der Waals surface area contributed by atoms with E-state index in [1.54, 1.807) is 7.11 Å². The van der Waals surface area contributed by atoms with E-state index in [2.05, 4.69) is 22.5 Å². The lowest BCUT2D eigenvalue weighted by atomic mass is 10.1. The lowest BCUT2D eigenvalue weighted by Gasteiger charge is -2.20. The molecule has 0 radical (unpaired) electrons. The minimum absolute atomic E-state index is 0.139. The van der Waals surface area contributed by atoms with E-state index in [9.17, 15) is 0 Å². The molecule has 1 saturated heterocycles. The van der Waals surface area contributed by atoms with Gasteiger partial charge in [-0.25, -0.2) is 0 Å². The first-order valence-electron chi connectivity index (χ1n) is 9.14. The number of methoxy groups -OCH3 is 1. The smallest absolute Gasteiger partial charge is 0.191 e. The van der Waals surface area contributed by atoms with Gasteiger partial charge in [0.05, 0.1) is 25.9 Å². The molecule has 2 N–H and O–H groups in total. The van der Waals surface area contributed by atoms with Gasteiger partial charge in [-0.1, -0.05) is 23.7 Å². The number of guanidine groups is 1. The molecule has 3 unspecified atom stereocenters. The molecule has 3 atom stereocenters. The summed E-state index contributed by atoms with van der Waals surface area (Å²) in [6.07, 6.45) is 1.03. The first-order chi connectivity index (χ1) is 12.6. The number of rotatable bonds is 9. The first-order valence-corrected chi connectivity index (χ1v) is 9.52. The predicted molar refractivity (Wildman–Crippen MR) is 105 cm³/mol. The second-order valence-electron chi connectivity index (χ2n) is 6.36. The fourth-order valence-corrected chi connectivity index (χ4v) is 2.92. The Labute approximate surface area is 161 Å². The Morgan fingerprint density at radius 2 is 2.31 bits per heavy atom. The van der Waals surface area contributed by atoms with Crippen LogP contribution in [0, 0.1) is 0 Å². The molecule has 0 bridgehead atoms. The summed E-state index contributed by atoms with van der Waals surface area (Å²) in [7, 11) is 1.68. The summed E-state index contributed by atoms with van der Waals surface area (Å²) >= 11 is 6.08.